The third kappa shape index (κ3) is 1.34. The van der Waals surface area contributed by atoms with Gasteiger partial charge in [-0.1, -0.05) is 0 Å². The summed E-state index contributed by atoms with van der Waals surface area (Å²) in [5.41, 5.74) is 0. The van der Waals surface area contributed by atoms with Crippen LogP contribution in [0, 0.1) is 13.8 Å². The molecule has 0 radical (unpaired) electrons. The zero-order chi connectivity index (χ0) is 9.71. The molecule has 14 heavy (non-hydrogen) atoms. The zero-order valence-corrected chi connectivity index (χ0v) is 11.3. The fourth-order valence-corrected chi connectivity index (χ4v) is 5.72. The molecule has 0 amide bonds. The van der Waals surface area contributed by atoms with Crippen molar-refractivity contribution < 1.29 is 0 Å². The molecule has 3 aromatic rings. The van der Waals surface area contributed by atoms with Crippen LogP contribution in [-0.2, 0) is 0 Å². The van der Waals surface area contributed by atoms with E-state index in [1.165, 1.54) is 20.3 Å². The Labute approximate surface area is 96.8 Å². The second-order valence-electron chi connectivity index (χ2n) is 3.64. The van der Waals surface area contributed by atoms with E-state index in [1.807, 2.05) is 11.3 Å². The Morgan fingerprint density at radius 2 is 1.86 bits per heavy atom. The predicted octanol–water partition coefficient (Wildman–Crippen LogP) is 3.73. The summed E-state index contributed by atoms with van der Waals surface area (Å²) in [6, 6.07) is 9.43. The Kier molecular flexibility index (Phi) is 1.99. The molecule has 0 aliphatic rings. The van der Waals surface area contributed by atoms with Crippen molar-refractivity contribution in [1.29, 1.82) is 0 Å². The Balaban J connectivity index is 2.49. The first-order valence-corrected chi connectivity index (χ1v) is 7.77. The molecule has 0 bridgehead atoms. The van der Waals surface area contributed by atoms with Gasteiger partial charge in [-0.15, -0.1) is 0 Å². The minimum atomic E-state index is -0.0161. The molecule has 0 saturated carbocycles. The van der Waals surface area contributed by atoms with Crippen molar-refractivity contribution in [1.82, 2.24) is 0 Å². The molecule has 0 spiro atoms. The molecule has 0 fully saturated rings. The fraction of sp³-hybridized carbons (Fsp3) is 0.167. The molecular weight excluding hydrogens is 304 g/mol. The van der Waals surface area contributed by atoms with E-state index in [4.69, 9.17) is 0 Å². The van der Waals surface area contributed by atoms with Gasteiger partial charge >= 0.3 is 97.2 Å². The summed E-state index contributed by atoms with van der Waals surface area (Å²) in [6.07, 6.45) is 0. The molecule has 0 unspecified atom stereocenters. The van der Waals surface area contributed by atoms with Gasteiger partial charge in [0.1, 0.15) is 0 Å². The maximum absolute atomic E-state index is 2.41. The van der Waals surface area contributed by atoms with Crippen molar-refractivity contribution in [3.05, 3.63) is 32.7 Å². The van der Waals surface area contributed by atoms with Gasteiger partial charge in [-0.3, -0.25) is 0 Å². The standard InChI is InChI=1S/C12H10STe/c1-7-3-9-5-10-4-8(2)14-12(10)6-11(9)13-7/h3-6H,1-2H3. The molecule has 2 heteroatoms. The number of aryl methyl sites for hydroxylation is 2. The van der Waals surface area contributed by atoms with Crippen molar-refractivity contribution in [3.8, 4) is 0 Å². The van der Waals surface area contributed by atoms with E-state index in [0.717, 1.165) is 0 Å². The first-order chi connectivity index (χ1) is 6.72. The van der Waals surface area contributed by atoms with Crippen molar-refractivity contribution in [3.63, 3.8) is 0 Å². The van der Waals surface area contributed by atoms with E-state index in [0.29, 0.717) is 0 Å². The summed E-state index contributed by atoms with van der Waals surface area (Å²) < 4.78 is 4.71. The molecule has 0 aliphatic carbocycles. The van der Waals surface area contributed by atoms with E-state index in [-0.39, 0.29) is 20.4 Å². The predicted molar refractivity (Wildman–Crippen MR) is 65.7 cm³/mol. The van der Waals surface area contributed by atoms with Crippen LogP contribution in [0.4, 0.5) is 0 Å². The number of rotatable bonds is 0. The second kappa shape index (κ2) is 3.10. The van der Waals surface area contributed by atoms with E-state index < -0.39 is 0 Å². The number of thiophene rings is 1. The van der Waals surface area contributed by atoms with Crippen molar-refractivity contribution in [2.75, 3.05) is 0 Å². The van der Waals surface area contributed by atoms with Gasteiger partial charge < -0.3 is 0 Å². The SMILES string of the molecule is Cc1cc2cc3cc(C)[te]c3cc2s1. The first-order valence-electron chi connectivity index (χ1n) is 4.63. The van der Waals surface area contributed by atoms with E-state index >= 15 is 0 Å². The van der Waals surface area contributed by atoms with Gasteiger partial charge in [0.25, 0.3) is 0 Å². The maximum atomic E-state index is 2.41. The second-order valence-corrected chi connectivity index (χ2v) is 8.61. The Morgan fingerprint density at radius 3 is 2.71 bits per heavy atom. The molecule has 0 saturated heterocycles. The number of hydrogen-bond donors (Lipinski definition) is 0. The molecule has 0 nitrogen and oxygen atoms in total. The molecule has 0 aliphatic heterocycles. The third-order valence-electron chi connectivity index (χ3n) is 2.40. The monoisotopic (exact) mass is 316 g/mol. The van der Waals surface area contributed by atoms with Crippen LogP contribution in [0.25, 0.3) is 18.9 Å². The number of benzene rings is 1. The van der Waals surface area contributed by atoms with Crippen LogP contribution < -0.4 is 0 Å². The Hall–Kier alpha value is -0.290. The van der Waals surface area contributed by atoms with Gasteiger partial charge in [-0.25, -0.2) is 0 Å². The quantitative estimate of drug-likeness (QED) is 0.555. The van der Waals surface area contributed by atoms with Crippen LogP contribution in [0.2, 0.25) is 0 Å². The summed E-state index contributed by atoms with van der Waals surface area (Å²) >= 11 is 1.90. The number of fused-ring (bicyclic) bond motifs is 2. The van der Waals surface area contributed by atoms with E-state index in [2.05, 4.69) is 38.1 Å². The first kappa shape index (κ1) is 8.97. The zero-order valence-electron chi connectivity index (χ0n) is 8.13. The molecular formula is C12H10STe. The molecule has 2 heterocycles. The molecule has 1 aromatic carbocycles. The number of hydrogen-bond acceptors (Lipinski definition) is 1. The van der Waals surface area contributed by atoms with Crippen molar-refractivity contribution in [2.24, 2.45) is 0 Å². The van der Waals surface area contributed by atoms with Gasteiger partial charge in [-0.05, 0) is 0 Å². The van der Waals surface area contributed by atoms with Crippen LogP contribution >= 0.6 is 11.3 Å². The molecule has 70 valence electrons. The molecule has 2 aromatic heterocycles. The Bertz CT molecular complexity index is 513. The van der Waals surface area contributed by atoms with Gasteiger partial charge in [0.2, 0.25) is 0 Å². The van der Waals surface area contributed by atoms with E-state index in [1.54, 1.807) is 6.98 Å². The van der Waals surface area contributed by atoms with Crippen LogP contribution in [0.1, 0.15) is 8.46 Å². The summed E-state index contributed by atoms with van der Waals surface area (Å²) in [7, 11) is 0. The van der Waals surface area contributed by atoms with Crippen LogP contribution in [-0.4, -0.2) is 20.4 Å². The normalized spacial score (nSPS) is 11.6. The van der Waals surface area contributed by atoms with Gasteiger partial charge in [0.15, 0.2) is 0 Å². The van der Waals surface area contributed by atoms with Gasteiger partial charge in [0.05, 0.1) is 0 Å². The Morgan fingerprint density at radius 1 is 1.00 bits per heavy atom. The third-order valence-corrected chi connectivity index (χ3v) is 6.31. The minimum absolute atomic E-state index is 0.0161. The molecule has 0 atom stereocenters. The summed E-state index contributed by atoms with van der Waals surface area (Å²) in [6.45, 7) is 4.45. The van der Waals surface area contributed by atoms with Crippen molar-refractivity contribution in [2.45, 2.75) is 13.8 Å². The summed E-state index contributed by atoms with van der Waals surface area (Å²) in [5.74, 6) is 0. The van der Waals surface area contributed by atoms with Crippen LogP contribution in [0.3, 0.4) is 0 Å². The van der Waals surface area contributed by atoms with Crippen molar-refractivity contribution >= 4 is 50.6 Å². The summed E-state index contributed by atoms with van der Waals surface area (Å²) in [5, 5.41) is 2.90. The van der Waals surface area contributed by atoms with Crippen LogP contribution in [0.5, 0.6) is 0 Å². The molecule has 0 N–H and O–H groups in total. The average Bonchev–Trinajstić information content (AvgIpc) is 2.59. The fourth-order valence-electron chi connectivity index (χ4n) is 1.84. The average molecular weight is 314 g/mol. The van der Waals surface area contributed by atoms with Crippen LogP contribution in [0.15, 0.2) is 24.3 Å². The summed E-state index contributed by atoms with van der Waals surface area (Å²) in [4.78, 5) is 1.42. The van der Waals surface area contributed by atoms with E-state index in [9.17, 15) is 0 Å². The van der Waals surface area contributed by atoms with Gasteiger partial charge in [0, 0.05) is 0 Å². The molecule has 3 rings (SSSR count). The topological polar surface area (TPSA) is 0 Å². The van der Waals surface area contributed by atoms with Gasteiger partial charge in [-0.2, -0.15) is 0 Å².